The van der Waals surface area contributed by atoms with Crippen LogP contribution >= 0.6 is 0 Å². The number of hydrogen-bond donors (Lipinski definition) is 1. The highest BCUT2D eigenvalue weighted by molar-refractivity contribution is 5.93. The van der Waals surface area contributed by atoms with Crippen LogP contribution in [0.4, 0.5) is 0 Å². The molecule has 0 atom stereocenters. The van der Waals surface area contributed by atoms with Crippen molar-refractivity contribution in [3.05, 3.63) is 24.0 Å². The van der Waals surface area contributed by atoms with E-state index in [1.54, 1.807) is 30.3 Å². The molecule has 1 rings (SSSR count). The highest BCUT2D eigenvalue weighted by Crippen LogP contribution is 2.12. The van der Waals surface area contributed by atoms with Gasteiger partial charge in [0.2, 0.25) is 0 Å². The van der Waals surface area contributed by atoms with Gasteiger partial charge in [-0.05, 0) is 25.0 Å². The molecule has 1 heterocycles. The second kappa shape index (κ2) is 6.23. The van der Waals surface area contributed by atoms with Crippen molar-refractivity contribution in [3.8, 4) is 0 Å². The number of carbonyl (C=O) groups is 2. The third kappa shape index (κ3) is 3.12. The summed E-state index contributed by atoms with van der Waals surface area (Å²) in [7, 11) is 1.76. The lowest BCUT2D eigenvalue weighted by atomic mass is 10.1. The van der Waals surface area contributed by atoms with Gasteiger partial charge in [0.25, 0.3) is 5.91 Å². The van der Waals surface area contributed by atoms with E-state index in [2.05, 4.69) is 0 Å². The summed E-state index contributed by atoms with van der Waals surface area (Å²) in [4.78, 5) is 24.7. The number of rotatable bonds is 6. The van der Waals surface area contributed by atoms with Crippen LogP contribution in [0.25, 0.3) is 0 Å². The molecule has 5 heteroatoms. The predicted octanol–water partition coefficient (Wildman–Crippen LogP) is 1.83. The Balaban J connectivity index is 2.90. The third-order valence-corrected chi connectivity index (χ3v) is 3.16. The molecule has 0 radical (unpaired) electrons. The van der Waals surface area contributed by atoms with Gasteiger partial charge < -0.3 is 14.6 Å². The molecule has 5 nitrogen and oxygen atoms in total. The zero-order valence-corrected chi connectivity index (χ0v) is 11.1. The van der Waals surface area contributed by atoms with Crippen molar-refractivity contribution in [1.29, 1.82) is 0 Å². The van der Waals surface area contributed by atoms with E-state index >= 15 is 0 Å². The van der Waals surface area contributed by atoms with E-state index in [0.29, 0.717) is 5.69 Å². The predicted molar refractivity (Wildman–Crippen MR) is 68.5 cm³/mol. The van der Waals surface area contributed by atoms with Crippen LogP contribution in [-0.2, 0) is 11.3 Å². The minimum absolute atomic E-state index is 0.130. The fraction of sp³-hybridized carbons (Fsp3) is 0.538. The highest BCUT2D eigenvalue weighted by Gasteiger charge is 2.21. The number of hydrogen-bond acceptors (Lipinski definition) is 2. The first-order valence-electron chi connectivity index (χ1n) is 6.15. The average molecular weight is 252 g/mol. The minimum atomic E-state index is -0.953. The van der Waals surface area contributed by atoms with Gasteiger partial charge in [0, 0.05) is 19.3 Å². The number of aliphatic carboxylic acids is 1. The van der Waals surface area contributed by atoms with E-state index < -0.39 is 5.97 Å². The summed E-state index contributed by atoms with van der Waals surface area (Å²) in [6.45, 7) is 3.88. The zero-order chi connectivity index (χ0) is 13.7. The van der Waals surface area contributed by atoms with Gasteiger partial charge in [0.05, 0.1) is 0 Å². The first kappa shape index (κ1) is 14.3. The normalized spacial score (nSPS) is 10.7. The Bertz CT molecular complexity index is 422. The molecule has 1 aromatic heterocycles. The SMILES string of the molecule is CCC(CC)N(C)C(=O)c1cccn1CC(=O)O. The van der Waals surface area contributed by atoms with Crippen LogP contribution in [0, 0.1) is 0 Å². The lowest BCUT2D eigenvalue weighted by molar-refractivity contribution is -0.137. The third-order valence-electron chi connectivity index (χ3n) is 3.16. The molecule has 0 aromatic carbocycles. The Morgan fingerprint density at radius 2 is 2.00 bits per heavy atom. The number of carboxylic acids is 1. The van der Waals surface area contributed by atoms with Crippen molar-refractivity contribution >= 4 is 11.9 Å². The van der Waals surface area contributed by atoms with Gasteiger partial charge in [-0.25, -0.2) is 0 Å². The Morgan fingerprint density at radius 1 is 1.39 bits per heavy atom. The maximum absolute atomic E-state index is 12.3. The quantitative estimate of drug-likeness (QED) is 0.840. The van der Waals surface area contributed by atoms with Crippen molar-refractivity contribution in [2.45, 2.75) is 39.3 Å². The van der Waals surface area contributed by atoms with Crippen molar-refractivity contribution in [3.63, 3.8) is 0 Å². The topological polar surface area (TPSA) is 62.5 Å². The molecule has 0 aliphatic heterocycles. The fourth-order valence-electron chi connectivity index (χ4n) is 2.07. The Morgan fingerprint density at radius 3 is 2.50 bits per heavy atom. The molecular formula is C13H20N2O3. The second-order valence-corrected chi connectivity index (χ2v) is 4.30. The maximum Gasteiger partial charge on any atom is 0.323 e. The van der Waals surface area contributed by atoms with Crippen LogP contribution in [-0.4, -0.2) is 39.5 Å². The van der Waals surface area contributed by atoms with Crippen molar-refractivity contribution in [2.24, 2.45) is 0 Å². The van der Waals surface area contributed by atoms with Gasteiger partial charge in [-0.3, -0.25) is 9.59 Å². The second-order valence-electron chi connectivity index (χ2n) is 4.30. The Labute approximate surface area is 107 Å². The average Bonchev–Trinajstić information content (AvgIpc) is 2.76. The summed E-state index contributed by atoms with van der Waals surface area (Å²) in [5, 5.41) is 8.79. The molecule has 0 saturated carbocycles. The molecule has 0 spiro atoms. The van der Waals surface area contributed by atoms with E-state index in [1.807, 2.05) is 13.8 Å². The molecule has 100 valence electrons. The number of amides is 1. The molecule has 0 saturated heterocycles. The Kier molecular flexibility index (Phi) is 4.95. The smallest absolute Gasteiger partial charge is 0.323 e. The van der Waals surface area contributed by atoms with E-state index in [-0.39, 0.29) is 18.5 Å². The summed E-state index contributed by atoms with van der Waals surface area (Å²) in [5.74, 6) is -1.08. The highest BCUT2D eigenvalue weighted by atomic mass is 16.4. The van der Waals surface area contributed by atoms with Gasteiger partial charge in [0.15, 0.2) is 0 Å². The van der Waals surface area contributed by atoms with Crippen LogP contribution in [0.15, 0.2) is 18.3 Å². The summed E-state index contributed by atoms with van der Waals surface area (Å²) >= 11 is 0. The van der Waals surface area contributed by atoms with E-state index in [1.165, 1.54) is 4.57 Å². The molecule has 0 fully saturated rings. The van der Waals surface area contributed by atoms with Crippen LogP contribution in [0.5, 0.6) is 0 Å². The summed E-state index contributed by atoms with van der Waals surface area (Å²) in [5.41, 5.74) is 0.423. The molecular weight excluding hydrogens is 232 g/mol. The fourth-order valence-corrected chi connectivity index (χ4v) is 2.07. The first-order chi connectivity index (χ1) is 8.51. The van der Waals surface area contributed by atoms with Crippen LogP contribution in [0.3, 0.4) is 0 Å². The first-order valence-corrected chi connectivity index (χ1v) is 6.15. The molecule has 0 unspecified atom stereocenters. The Hall–Kier alpha value is -1.78. The van der Waals surface area contributed by atoms with Crippen molar-refractivity contribution in [1.82, 2.24) is 9.47 Å². The van der Waals surface area contributed by atoms with E-state index in [0.717, 1.165) is 12.8 Å². The lowest BCUT2D eigenvalue weighted by Gasteiger charge is -2.26. The van der Waals surface area contributed by atoms with Crippen molar-refractivity contribution < 1.29 is 14.7 Å². The van der Waals surface area contributed by atoms with Crippen molar-refractivity contribution in [2.75, 3.05) is 7.05 Å². The van der Waals surface area contributed by atoms with Gasteiger partial charge in [-0.1, -0.05) is 13.8 Å². The van der Waals surface area contributed by atoms with Gasteiger partial charge in [0.1, 0.15) is 12.2 Å². The minimum Gasteiger partial charge on any atom is -0.480 e. The molecule has 18 heavy (non-hydrogen) atoms. The summed E-state index contributed by atoms with van der Waals surface area (Å²) in [6.07, 6.45) is 3.39. The number of nitrogens with zero attached hydrogens (tertiary/aromatic N) is 2. The number of carboxylic acid groups (broad SMARTS) is 1. The summed E-state index contributed by atoms with van der Waals surface area (Å²) < 4.78 is 1.46. The van der Waals surface area contributed by atoms with Crippen LogP contribution in [0.2, 0.25) is 0 Å². The van der Waals surface area contributed by atoms with Crippen LogP contribution < -0.4 is 0 Å². The standard InChI is InChI=1S/C13H20N2O3/c1-4-10(5-2)14(3)13(18)11-7-6-8-15(11)9-12(16)17/h6-8,10H,4-5,9H2,1-3H3,(H,16,17). The van der Waals surface area contributed by atoms with E-state index in [9.17, 15) is 9.59 Å². The zero-order valence-electron chi connectivity index (χ0n) is 11.1. The molecule has 0 bridgehead atoms. The largest absolute Gasteiger partial charge is 0.480 e. The van der Waals surface area contributed by atoms with Gasteiger partial charge in [-0.15, -0.1) is 0 Å². The summed E-state index contributed by atoms with van der Waals surface area (Å²) in [6, 6.07) is 3.53. The van der Waals surface area contributed by atoms with Gasteiger partial charge >= 0.3 is 5.97 Å². The number of aromatic nitrogens is 1. The lowest BCUT2D eigenvalue weighted by Crippen LogP contribution is -2.37. The molecule has 1 amide bonds. The van der Waals surface area contributed by atoms with E-state index in [4.69, 9.17) is 5.11 Å². The number of carbonyl (C=O) groups excluding carboxylic acids is 1. The molecule has 0 aliphatic rings. The van der Waals surface area contributed by atoms with Crippen LogP contribution in [0.1, 0.15) is 37.2 Å². The van der Waals surface area contributed by atoms with Gasteiger partial charge in [-0.2, -0.15) is 0 Å². The molecule has 0 aliphatic carbocycles. The molecule has 1 aromatic rings. The molecule has 1 N–H and O–H groups in total. The monoisotopic (exact) mass is 252 g/mol. The maximum atomic E-state index is 12.3.